The van der Waals surface area contributed by atoms with Gasteiger partial charge in [0.25, 0.3) is 0 Å². The van der Waals surface area contributed by atoms with Gasteiger partial charge in [-0.3, -0.25) is 4.79 Å². The molecule has 3 rings (SSSR count). The highest BCUT2D eigenvalue weighted by Gasteiger charge is 2.32. The van der Waals surface area contributed by atoms with E-state index in [-0.39, 0.29) is 5.92 Å². The fourth-order valence-electron chi connectivity index (χ4n) is 3.45. The average molecular weight is 258 g/mol. The predicted molar refractivity (Wildman–Crippen MR) is 75.9 cm³/mol. The lowest BCUT2D eigenvalue weighted by Gasteiger charge is -2.31. The average Bonchev–Trinajstić information content (AvgIpc) is 2.90. The molecular weight excluding hydrogens is 236 g/mol. The number of nitrogens with one attached hydrogen (secondary N) is 1. The number of benzene rings is 1. The van der Waals surface area contributed by atoms with Crippen LogP contribution in [0.5, 0.6) is 0 Å². The summed E-state index contributed by atoms with van der Waals surface area (Å²) in [5.41, 5.74) is 2.77. The molecule has 3 nitrogen and oxygen atoms in total. The van der Waals surface area contributed by atoms with Gasteiger partial charge in [-0.05, 0) is 49.9 Å². The van der Waals surface area contributed by atoms with Crippen LogP contribution in [0.3, 0.4) is 0 Å². The van der Waals surface area contributed by atoms with Crippen molar-refractivity contribution in [1.29, 1.82) is 0 Å². The Morgan fingerprint density at radius 1 is 1.21 bits per heavy atom. The van der Waals surface area contributed by atoms with E-state index in [0.717, 1.165) is 38.8 Å². The van der Waals surface area contributed by atoms with Crippen LogP contribution in [0.25, 0.3) is 0 Å². The largest absolute Gasteiger partial charge is 0.338 e. The fourth-order valence-corrected chi connectivity index (χ4v) is 3.45. The number of amides is 1. The van der Waals surface area contributed by atoms with Crippen LogP contribution in [0.2, 0.25) is 0 Å². The van der Waals surface area contributed by atoms with Crippen LogP contribution < -0.4 is 5.32 Å². The number of rotatable bonds is 2. The van der Waals surface area contributed by atoms with E-state index in [2.05, 4.69) is 29.6 Å². The Labute approximate surface area is 115 Å². The molecule has 1 aromatic carbocycles. The monoisotopic (exact) mass is 258 g/mol. The van der Waals surface area contributed by atoms with Crippen molar-refractivity contribution in [2.45, 2.75) is 31.7 Å². The smallest absolute Gasteiger partial charge is 0.226 e. The van der Waals surface area contributed by atoms with Crippen LogP contribution in [0.1, 0.15) is 36.4 Å². The van der Waals surface area contributed by atoms with E-state index in [1.54, 1.807) is 0 Å². The Morgan fingerprint density at radius 2 is 1.95 bits per heavy atom. The van der Waals surface area contributed by atoms with Crippen LogP contribution in [-0.4, -0.2) is 30.9 Å². The second kappa shape index (κ2) is 5.33. The molecule has 0 saturated carbocycles. The Bertz CT molecular complexity index is 466. The molecule has 1 saturated heterocycles. The van der Waals surface area contributed by atoms with Crippen molar-refractivity contribution in [2.75, 3.05) is 20.1 Å². The van der Waals surface area contributed by atoms with Crippen molar-refractivity contribution >= 4 is 5.91 Å². The molecule has 1 fully saturated rings. The van der Waals surface area contributed by atoms with Gasteiger partial charge >= 0.3 is 0 Å². The van der Waals surface area contributed by atoms with Crippen molar-refractivity contribution in [1.82, 2.24) is 10.2 Å². The highest BCUT2D eigenvalue weighted by atomic mass is 16.2. The molecule has 19 heavy (non-hydrogen) atoms. The molecule has 1 atom stereocenters. The Balaban J connectivity index is 1.74. The second-order valence-corrected chi connectivity index (χ2v) is 5.73. The number of carbonyl (C=O) groups is 1. The van der Waals surface area contributed by atoms with Gasteiger partial charge in [-0.1, -0.05) is 24.3 Å². The van der Waals surface area contributed by atoms with E-state index >= 15 is 0 Å². The molecule has 0 radical (unpaired) electrons. The zero-order valence-corrected chi connectivity index (χ0v) is 11.6. The third kappa shape index (κ3) is 2.39. The summed E-state index contributed by atoms with van der Waals surface area (Å²) in [7, 11) is 1.98. The SMILES string of the molecule is CN(C(=O)C1CCNCC1)C1CCc2ccccc21. The first-order chi connectivity index (χ1) is 9.27. The summed E-state index contributed by atoms with van der Waals surface area (Å²) >= 11 is 0. The maximum Gasteiger partial charge on any atom is 0.226 e. The minimum Gasteiger partial charge on any atom is -0.338 e. The third-order valence-corrected chi connectivity index (χ3v) is 4.60. The summed E-state index contributed by atoms with van der Waals surface area (Å²) in [5.74, 6) is 0.558. The molecule has 1 aliphatic carbocycles. The molecule has 1 aliphatic heterocycles. The third-order valence-electron chi connectivity index (χ3n) is 4.60. The van der Waals surface area contributed by atoms with Gasteiger partial charge in [-0.25, -0.2) is 0 Å². The lowest BCUT2D eigenvalue weighted by Crippen LogP contribution is -2.40. The van der Waals surface area contributed by atoms with Crippen LogP contribution in [0.15, 0.2) is 24.3 Å². The van der Waals surface area contributed by atoms with Gasteiger partial charge in [0.1, 0.15) is 0 Å². The van der Waals surface area contributed by atoms with Crippen LogP contribution in [0, 0.1) is 5.92 Å². The number of hydrogen-bond donors (Lipinski definition) is 1. The highest BCUT2D eigenvalue weighted by Crippen LogP contribution is 2.35. The number of nitrogens with zero attached hydrogens (tertiary/aromatic N) is 1. The van der Waals surface area contributed by atoms with Crippen LogP contribution >= 0.6 is 0 Å². The van der Waals surface area contributed by atoms with Crippen molar-refractivity contribution in [3.05, 3.63) is 35.4 Å². The standard InChI is InChI=1S/C16H22N2O/c1-18(16(19)13-8-10-17-11-9-13)15-7-6-12-4-2-3-5-14(12)15/h2-5,13,15,17H,6-11H2,1H3. The lowest BCUT2D eigenvalue weighted by molar-refractivity contribution is -0.137. The Hall–Kier alpha value is -1.35. The van der Waals surface area contributed by atoms with Gasteiger partial charge in [0, 0.05) is 13.0 Å². The number of aryl methyl sites for hydroxylation is 1. The summed E-state index contributed by atoms with van der Waals surface area (Å²) in [6, 6.07) is 8.84. The Kier molecular flexibility index (Phi) is 3.56. The molecule has 0 bridgehead atoms. The summed E-state index contributed by atoms with van der Waals surface area (Å²) < 4.78 is 0. The van der Waals surface area contributed by atoms with Crippen molar-refractivity contribution in [3.63, 3.8) is 0 Å². The topological polar surface area (TPSA) is 32.3 Å². The summed E-state index contributed by atoms with van der Waals surface area (Å²) in [6.07, 6.45) is 4.15. The van der Waals surface area contributed by atoms with Gasteiger partial charge in [0.2, 0.25) is 5.91 Å². The van der Waals surface area contributed by atoms with E-state index in [1.807, 2.05) is 11.9 Å². The maximum absolute atomic E-state index is 12.6. The molecule has 1 N–H and O–H groups in total. The summed E-state index contributed by atoms with van der Waals surface area (Å²) in [6.45, 7) is 1.96. The molecule has 0 aromatic heterocycles. The number of hydrogen-bond acceptors (Lipinski definition) is 2. The van der Waals surface area contributed by atoms with Gasteiger partial charge in [0.05, 0.1) is 6.04 Å². The number of piperidine rings is 1. The van der Waals surface area contributed by atoms with E-state index in [4.69, 9.17) is 0 Å². The summed E-state index contributed by atoms with van der Waals surface area (Å²) in [5, 5.41) is 3.32. The normalized spacial score (nSPS) is 23.1. The molecule has 2 aliphatic rings. The molecular formula is C16H22N2O. The first-order valence-electron chi connectivity index (χ1n) is 7.32. The molecule has 1 heterocycles. The van der Waals surface area contributed by atoms with E-state index in [1.165, 1.54) is 11.1 Å². The van der Waals surface area contributed by atoms with Gasteiger partial charge < -0.3 is 10.2 Å². The molecule has 0 spiro atoms. The minimum absolute atomic E-state index is 0.221. The minimum atomic E-state index is 0.221. The van der Waals surface area contributed by atoms with Crippen molar-refractivity contribution in [2.24, 2.45) is 5.92 Å². The quantitative estimate of drug-likeness (QED) is 0.881. The molecule has 102 valence electrons. The molecule has 1 unspecified atom stereocenters. The fraction of sp³-hybridized carbons (Fsp3) is 0.562. The first-order valence-corrected chi connectivity index (χ1v) is 7.32. The number of fused-ring (bicyclic) bond motifs is 1. The van der Waals surface area contributed by atoms with Crippen LogP contribution in [-0.2, 0) is 11.2 Å². The molecule has 1 aromatic rings. The van der Waals surface area contributed by atoms with E-state index in [0.29, 0.717) is 11.9 Å². The summed E-state index contributed by atoms with van der Waals surface area (Å²) in [4.78, 5) is 14.6. The number of carbonyl (C=O) groups excluding carboxylic acids is 1. The highest BCUT2D eigenvalue weighted by molar-refractivity contribution is 5.79. The molecule has 1 amide bonds. The van der Waals surface area contributed by atoms with Crippen LogP contribution in [0.4, 0.5) is 0 Å². The zero-order chi connectivity index (χ0) is 13.2. The van der Waals surface area contributed by atoms with Crippen molar-refractivity contribution < 1.29 is 4.79 Å². The first kappa shape index (κ1) is 12.7. The lowest BCUT2D eigenvalue weighted by atomic mass is 9.95. The van der Waals surface area contributed by atoms with E-state index < -0.39 is 0 Å². The Morgan fingerprint density at radius 3 is 2.74 bits per heavy atom. The molecule has 3 heteroatoms. The van der Waals surface area contributed by atoms with Gasteiger partial charge in [-0.2, -0.15) is 0 Å². The second-order valence-electron chi connectivity index (χ2n) is 5.73. The van der Waals surface area contributed by atoms with Gasteiger partial charge in [0.15, 0.2) is 0 Å². The zero-order valence-electron chi connectivity index (χ0n) is 11.6. The maximum atomic E-state index is 12.6. The van der Waals surface area contributed by atoms with Crippen molar-refractivity contribution in [3.8, 4) is 0 Å². The van der Waals surface area contributed by atoms with Gasteiger partial charge in [-0.15, -0.1) is 0 Å². The van der Waals surface area contributed by atoms with E-state index in [9.17, 15) is 4.79 Å². The predicted octanol–water partition coefficient (Wildman–Crippen LogP) is 2.13.